The van der Waals surface area contributed by atoms with Crippen LogP contribution in [-0.2, 0) is 9.59 Å². The van der Waals surface area contributed by atoms with Crippen molar-refractivity contribution in [2.75, 3.05) is 5.75 Å². The van der Waals surface area contributed by atoms with E-state index >= 15 is 0 Å². The van der Waals surface area contributed by atoms with Crippen LogP contribution in [0.5, 0.6) is 0 Å². The van der Waals surface area contributed by atoms with Gasteiger partial charge in [0.05, 0.1) is 15.9 Å². The van der Waals surface area contributed by atoms with Crippen LogP contribution < -0.4 is 5.32 Å². The highest BCUT2D eigenvalue weighted by atomic mass is 32.2. The summed E-state index contributed by atoms with van der Waals surface area (Å²) < 4.78 is 1.11. The summed E-state index contributed by atoms with van der Waals surface area (Å²) in [6.45, 7) is 0. The van der Waals surface area contributed by atoms with E-state index in [1.807, 2.05) is 17.5 Å². The number of rotatable bonds is 5. The number of thioether (sulfide) groups is 1. The Morgan fingerprint density at radius 3 is 2.85 bits per heavy atom. The Balaban J connectivity index is 1.85. The first-order valence-electron chi connectivity index (χ1n) is 6.85. The molecule has 110 valence electrons. The number of hydrogen-bond acceptors (Lipinski definition) is 4. The summed E-state index contributed by atoms with van der Waals surface area (Å²) in [6, 6.07) is 3.72. The molecule has 1 heterocycles. The van der Waals surface area contributed by atoms with Gasteiger partial charge in [-0.05, 0) is 24.3 Å². The van der Waals surface area contributed by atoms with Gasteiger partial charge in [0.1, 0.15) is 0 Å². The molecule has 1 fully saturated rings. The van der Waals surface area contributed by atoms with Crippen molar-refractivity contribution in [1.82, 2.24) is 5.32 Å². The summed E-state index contributed by atoms with van der Waals surface area (Å²) in [5, 5.41) is 14.2. The quantitative estimate of drug-likeness (QED) is 0.648. The number of thiophene rings is 1. The van der Waals surface area contributed by atoms with Gasteiger partial charge in [-0.1, -0.05) is 25.3 Å². The summed E-state index contributed by atoms with van der Waals surface area (Å²) >= 11 is 3.11. The van der Waals surface area contributed by atoms with Crippen LogP contribution in [0.1, 0.15) is 32.1 Å². The predicted octanol–water partition coefficient (Wildman–Crippen LogP) is 2.99. The summed E-state index contributed by atoms with van der Waals surface area (Å²) in [5.74, 6) is -0.943. The zero-order valence-corrected chi connectivity index (χ0v) is 12.8. The van der Waals surface area contributed by atoms with Crippen LogP contribution in [0, 0.1) is 5.92 Å². The first-order valence-corrected chi connectivity index (χ1v) is 8.72. The summed E-state index contributed by atoms with van der Waals surface area (Å²) in [7, 11) is 0. The standard InChI is InChI=1S/C14H19NO3S2/c16-12(9-20-13-7-4-8-19-13)15-11-6-3-1-2-5-10(11)14(17)18/h4,7-8,10-11H,1-3,5-6,9H2,(H,15,16)(H,17,18). The molecule has 1 aliphatic rings. The lowest BCUT2D eigenvalue weighted by Gasteiger charge is -2.22. The largest absolute Gasteiger partial charge is 0.481 e. The summed E-state index contributed by atoms with van der Waals surface area (Å²) in [6.07, 6.45) is 4.42. The highest BCUT2D eigenvalue weighted by molar-refractivity contribution is 8.01. The number of carboxylic acid groups (broad SMARTS) is 1. The van der Waals surface area contributed by atoms with Crippen molar-refractivity contribution in [1.29, 1.82) is 0 Å². The molecule has 1 aromatic rings. The van der Waals surface area contributed by atoms with Crippen molar-refractivity contribution < 1.29 is 14.7 Å². The number of amides is 1. The van der Waals surface area contributed by atoms with Gasteiger partial charge in [0.25, 0.3) is 0 Å². The molecule has 0 spiro atoms. The van der Waals surface area contributed by atoms with E-state index in [0.29, 0.717) is 12.2 Å². The maximum atomic E-state index is 12.0. The topological polar surface area (TPSA) is 66.4 Å². The minimum atomic E-state index is -0.789. The van der Waals surface area contributed by atoms with Crippen LogP contribution in [0.4, 0.5) is 0 Å². The zero-order valence-electron chi connectivity index (χ0n) is 11.2. The normalized spacial score (nSPS) is 23.0. The molecule has 0 radical (unpaired) electrons. The Morgan fingerprint density at radius 2 is 2.15 bits per heavy atom. The van der Waals surface area contributed by atoms with Crippen molar-refractivity contribution in [3.8, 4) is 0 Å². The van der Waals surface area contributed by atoms with E-state index in [2.05, 4.69) is 5.32 Å². The second-order valence-electron chi connectivity index (χ2n) is 4.98. The van der Waals surface area contributed by atoms with Crippen LogP contribution in [-0.4, -0.2) is 28.8 Å². The summed E-state index contributed by atoms with van der Waals surface area (Å²) in [5.41, 5.74) is 0. The van der Waals surface area contributed by atoms with Gasteiger partial charge < -0.3 is 10.4 Å². The number of carbonyl (C=O) groups is 2. The zero-order chi connectivity index (χ0) is 14.4. The molecule has 0 aliphatic heterocycles. The Morgan fingerprint density at radius 1 is 1.35 bits per heavy atom. The fourth-order valence-electron chi connectivity index (χ4n) is 2.51. The van der Waals surface area contributed by atoms with E-state index in [9.17, 15) is 14.7 Å². The Bertz CT molecular complexity index is 447. The molecule has 0 bridgehead atoms. The van der Waals surface area contributed by atoms with E-state index in [-0.39, 0.29) is 11.9 Å². The Kier molecular flexibility index (Phi) is 5.91. The number of aliphatic carboxylic acids is 1. The van der Waals surface area contributed by atoms with E-state index in [4.69, 9.17) is 0 Å². The van der Waals surface area contributed by atoms with Gasteiger partial charge in [0.2, 0.25) is 5.91 Å². The maximum absolute atomic E-state index is 12.0. The van der Waals surface area contributed by atoms with Crippen molar-refractivity contribution in [2.24, 2.45) is 5.92 Å². The number of carbonyl (C=O) groups excluding carboxylic acids is 1. The summed E-state index contributed by atoms with van der Waals surface area (Å²) in [4.78, 5) is 23.3. The molecule has 1 saturated carbocycles. The minimum absolute atomic E-state index is 0.0680. The van der Waals surface area contributed by atoms with Crippen LogP contribution in [0.15, 0.2) is 21.7 Å². The molecule has 4 nitrogen and oxygen atoms in total. The Labute approximate surface area is 127 Å². The highest BCUT2D eigenvalue weighted by Gasteiger charge is 2.30. The average molecular weight is 313 g/mol. The van der Waals surface area contributed by atoms with E-state index in [1.54, 1.807) is 11.3 Å². The van der Waals surface area contributed by atoms with Crippen LogP contribution >= 0.6 is 23.1 Å². The Hall–Kier alpha value is -1.01. The molecule has 2 N–H and O–H groups in total. The second-order valence-corrected chi connectivity index (χ2v) is 7.20. The minimum Gasteiger partial charge on any atom is -0.481 e. The third-order valence-electron chi connectivity index (χ3n) is 3.52. The number of nitrogens with one attached hydrogen (secondary N) is 1. The molecular formula is C14H19NO3S2. The van der Waals surface area contributed by atoms with Gasteiger partial charge in [-0.15, -0.1) is 23.1 Å². The molecule has 1 aliphatic carbocycles. The van der Waals surface area contributed by atoms with Crippen LogP contribution in [0.25, 0.3) is 0 Å². The smallest absolute Gasteiger partial charge is 0.308 e. The molecular weight excluding hydrogens is 294 g/mol. The maximum Gasteiger partial charge on any atom is 0.308 e. The van der Waals surface area contributed by atoms with Crippen molar-refractivity contribution in [2.45, 2.75) is 42.4 Å². The third-order valence-corrected chi connectivity index (χ3v) is 5.65. The first kappa shape index (κ1) is 15.4. The fraction of sp³-hybridized carbons (Fsp3) is 0.571. The lowest BCUT2D eigenvalue weighted by molar-refractivity contribution is -0.143. The van der Waals surface area contributed by atoms with Crippen molar-refractivity contribution in [3.05, 3.63) is 17.5 Å². The molecule has 1 amide bonds. The van der Waals surface area contributed by atoms with Gasteiger partial charge in [-0.3, -0.25) is 9.59 Å². The van der Waals surface area contributed by atoms with Gasteiger partial charge in [0, 0.05) is 6.04 Å². The van der Waals surface area contributed by atoms with Gasteiger partial charge in [0.15, 0.2) is 0 Å². The van der Waals surface area contributed by atoms with Crippen LogP contribution in [0.2, 0.25) is 0 Å². The molecule has 2 atom stereocenters. The van der Waals surface area contributed by atoms with E-state index in [1.165, 1.54) is 11.8 Å². The molecule has 1 aromatic heterocycles. The molecule has 2 rings (SSSR count). The lowest BCUT2D eigenvalue weighted by atomic mass is 9.95. The predicted molar refractivity (Wildman–Crippen MR) is 81.2 cm³/mol. The van der Waals surface area contributed by atoms with Gasteiger partial charge in [-0.25, -0.2) is 0 Å². The fourth-order valence-corrected chi connectivity index (χ4v) is 4.10. The molecule has 2 unspecified atom stereocenters. The third kappa shape index (κ3) is 4.52. The highest BCUT2D eigenvalue weighted by Crippen LogP contribution is 2.25. The second kappa shape index (κ2) is 7.69. The number of carboxylic acids is 1. The van der Waals surface area contributed by atoms with E-state index in [0.717, 1.165) is 29.9 Å². The van der Waals surface area contributed by atoms with Crippen molar-refractivity contribution >= 4 is 35.0 Å². The number of hydrogen-bond donors (Lipinski definition) is 2. The first-order chi connectivity index (χ1) is 9.66. The van der Waals surface area contributed by atoms with Crippen LogP contribution in [0.3, 0.4) is 0 Å². The lowest BCUT2D eigenvalue weighted by Crippen LogP contribution is -2.43. The van der Waals surface area contributed by atoms with Crippen molar-refractivity contribution in [3.63, 3.8) is 0 Å². The molecule has 6 heteroatoms. The SMILES string of the molecule is O=C(CSc1cccs1)NC1CCCCCC1C(=O)O. The monoisotopic (exact) mass is 313 g/mol. The van der Waals surface area contributed by atoms with Gasteiger partial charge in [-0.2, -0.15) is 0 Å². The molecule has 0 aromatic carbocycles. The van der Waals surface area contributed by atoms with E-state index < -0.39 is 11.9 Å². The van der Waals surface area contributed by atoms with Gasteiger partial charge >= 0.3 is 5.97 Å². The average Bonchev–Trinajstić information content (AvgIpc) is 2.82. The molecule has 0 saturated heterocycles. The molecule has 20 heavy (non-hydrogen) atoms.